The fraction of sp³-hybridized carbons (Fsp3) is 0.412. The molecule has 1 aromatic rings. The first-order chi connectivity index (χ1) is 11.9. The molecule has 1 aliphatic heterocycles. The molecule has 0 aliphatic carbocycles. The molecule has 2 rings (SSSR count). The van der Waals surface area contributed by atoms with Crippen molar-refractivity contribution in [1.82, 2.24) is 4.90 Å². The van der Waals surface area contributed by atoms with Gasteiger partial charge in [0, 0.05) is 31.5 Å². The Morgan fingerprint density at radius 3 is 2.40 bits per heavy atom. The third-order valence-corrected chi connectivity index (χ3v) is 3.81. The Kier molecular flexibility index (Phi) is 6.10. The molecule has 134 valence electrons. The van der Waals surface area contributed by atoms with Crippen molar-refractivity contribution >= 4 is 12.1 Å². The molecule has 1 fully saturated rings. The summed E-state index contributed by atoms with van der Waals surface area (Å²) in [7, 11) is 0. The first-order valence-corrected chi connectivity index (χ1v) is 7.89. The lowest BCUT2D eigenvalue weighted by Gasteiger charge is -2.31. The number of benzene rings is 1. The van der Waals surface area contributed by atoms with Crippen molar-refractivity contribution < 1.29 is 24.0 Å². The van der Waals surface area contributed by atoms with Gasteiger partial charge in [0.15, 0.2) is 0 Å². The number of esters is 1. The molecule has 8 heteroatoms. The molecule has 25 heavy (non-hydrogen) atoms. The number of carbonyl (C=O) groups is 2. The second-order valence-corrected chi connectivity index (χ2v) is 5.80. The molecule has 0 saturated carbocycles. The molecule has 1 saturated heterocycles. The zero-order chi connectivity index (χ0) is 18.4. The fourth-order valence-corrected chi connectivity index (χ4v) is 2.43. The maximum Gasteiger partial charge on any atom is 0.415 e. The standard InChI is InChI=1S/C17H20N2O6/c1-12(2)16(20)24-14-8-10-18(11-9-14)17(21)25-15(19(22)23)13-6-4-3-5-7-13/h3-7,14-15H,1,8-11H2,2H3. The number of nitro groups is 1. The van der Waals surface area contributed by atoms with Crippen LogP contribution in [0.15, 0.2) is 42.5 Å². The highest BCUT2D eigenvalue weighted by Gasteiger charge is 2.32. The third kappa shape index (κ3) is 5.03. The Morgan fingerprint density at radius 2 is 1.88 bits per heavy atom. The number of piperidine rings is 1. The van der Waals surface area contributed by atoms with Gasteiger partial charge in [0.1, 0.15) is 6.10 Å². The van der Waals surface area contributed by atoms with Gasteiger partial charge in [-0.2, -0.15) is 0 Å². The lowest BCUT2D eigenvalue weighted by atomic mass is 10.1. The maximum absolute atomic E-state index is 12.2. The van der Waals surface area contributed by atoms with Gasteiger partial charge in [0.2, 0.25) is 0 Å². The lowest BCUT2D eigenvalue weighted by molar-refractivity contribution is -0.575. The molecule has 1 amide bonds. The van der Waals surface area contributed by atoms with E-state index in [9.17, 15) is 19.7 Å². The molecular weight excluding hydrogens is 328 g/mol. The molecule has 0 bridgehead atoms. The van der Waals surface area contributed by atoms with Crippen molar-refractivity contribution in [1.29, 1.82) is 0 Å². The predicted molar refractivity (Wildman–Crippen MR) is 88.2 cm³/mol. The van der Waals surface area contributed by atoms with Crippen LogP contribution in [0.5, 0.6) is 0 Å². The summed E-state index contributed by atoms with van der Waals surface area (Å²) in [4.78, 5) is 35.6. The van der Waals surface area contributed by atoms with Crippen LogP contribution in [0, 0.1) is 10.1 Å². The van der Waals surface area contributed by atoms with E-state index in [2.05, 4.69) is 6.58 Å². The molecule has 1 heterocycles. The average molecular weight is 348 g/mol. The van der Waals surface area contributed by atoms with Crippen LogP contribution in [0.3, 0.4) is 0 Å². The minimum Gasteiger partial charge on any atom is -0.459 e. The smallest absolute Gasteiger partial charge is 0.415 e. The number of hydrogen-bond donors (Lipinski definition) is 0. The van der Waals surface area contributed by atoms with Crippen molar-refractivity contribution in [2.24, 2.45) is 0 Å². The highest BCUT2D eigenvalue weighted by atomic mass is 16.7. The van der Waals surface area contributed by atoms with Gasteiger partial charge in [0.05, 0.1) is 10.5 Å². The monoisotopic (exact) mass is 348 g/mol. The van der Waals surface area contributed by atoms with Crippen LogP contribution in [-0.2, 0) is 14.3 Å². The fourth-order valence-electron chi connectivity index (χ4n) is 2.43. The minimum absolute atomic E-state index is 0.297. The summed E-state index contributed by atoms with van der Waals surface area (Å²) < 4.78 is 10.3. The number of ether oxygens (including phenoxy) is 2. The zero-order valence-electron chi connectivity index (χ0n) is 13.9. The van der Waals surface area contributed by atoms with E-state index in [4.69, 9.17) is 9.47 Å². The van der Waals surface area contributed by atoms with Crippen molar-refractivity contribution in [2.45, 2.75) is 32.1 Å². The maximum atomic E-state index is 12.2. The number of hydrogen-bond acceptors (Lipinski definition) is 6. The van der Waals surface area contributed by atoms with Crippen LogP contribution in [0.2, 0.25) is 0 Å². The second kappa shape index (κ2) is 8.27. The SMILES string of the molecule is C=C(C)C(=O)OC1CCN(C(=O)OC(c2ccccc2)[N+](=O)[O-])CC1. The van der Waals surface area contributed by atoms with Gasteiger partial charge in [-0.1, -0.05) is 24.8 Å². The molecule has 8 nitrogen and oxygen atoms in total. The van der Waals surface area contributed by atoms with Gasteiger partial charge >= 0.3 is 18.3 Å². The van der Waals surface area contributed by atoms with Gasteiger partial charge in [-0.25, -0.2) is 9.59 Å². The summed E-state index contributed by atoms with van der Waals surface area (Å²) >= 11 is 0. The van der Waals surface area contributed by atoms with Crippen molar-refractivity contribution in [3.05, 3.63) is 58.2 Å². The number of amides is 1. The molecule has 1 aromatic carbocycles. The molecule has 0 radical (unpaired) electrons. The van der Waals surface area contributed by atoms with E-state index in [1.165, 1.54) is 17.0 Å². The number of likely N-dealkylation sites (tertiary alicyclic amines) is 1. The van der Waals surface area contributed by atoms with Crippen LogP contribution in [0.4, 0.5) is 4.79 Å². The average Bonchev–Trinajstić information content (AvgIpc) is 2.60. The predicted octanol–water partition coefficient (Wildman–Crippen LogP) is 2.68. The largest absolute Gasteiger partial charge is 0.459 e. The Balaban J connectivity index is 1.90. The van der Waals surface area contributed by atoms with E-state index >= 15 is 0 Å². The summed E-state index contributed by atoms with van der Waals surface area (Å²) in [5.74, 6) is -0.460. The molecule has 1 atom stereocenters. The normalized spacial score (nSPS) is 16.0. The Bertz CT molecular complexity index is 652. The van der Waals surface area contributed by atoms with E-state index in [0.29, 0.717) is 37.1 Å². The highest BCUT2D eigenvalue weighted by Crippen LogP contribution is 2.21. The Morgan fingerprint density at radius 1 is 1.28 bits per heavy atom. The number of nitrogens with zero attached hydrogens (tertiary/aromatic N) is 2. The molecule has 0 spiro atoms. The van der Waals surface area contributed by atoms with E-state index < -0.39 is 23.2 Å². The van der Waals surface area contributed by atoms with Crippen LogP contribution >= 0.6 is 0 Å². The lowest BCUT2D eigenvalue weighted by Crippen LogP contribution is -2.42. The Labute approximate surface area is 145 Å². The number of rotatable bonds is 5. The van der Waals surface area contributed by atoms with Crippen molar-refractivity contribution in [3.63, 3.8) is 0 Å². The van der Waals surface area contributed by atoms with E-state index in [1.54, 1.807) is 25.1 Å². The highest BCUT2D eigenvalue weighted by molar-refractivity contribution is 5.87. The summed E-state index contributed by atoms with van der Waals surface area (Å²) in [6, 6.07) is 8.07. The summed E-state index contributed by atoms with van der Waals surface area (Å²) in [5.41, 5.74) is 0.615. The second-order valence-electron chi connectivity index (χ2n) is 5.80. The quantitative estimate of drug-likeness (QED) is 0.267. The summed E-state index contributed by atoms with van der Waals surface area (Å²) in [5, 5.41) is 11.2. The Hall–Kier alpha value is -2.90. The van der Waals surface area contributed by atoms with Gasteiger partial charge in [-0.05, 0) is 19.1 Å². The first kappa shape index (κ1) is 18.4. The van der Waals surface area contributed by atoms with Gasteiger partial charge < -0.3 is 14.4 Å². The minimum atomic E-state index is -1.55. The molecule has 0 aromatic heterocycles. The number of carbonyl (C=O) groups excluding carboxylic acids is 2. The molecule has 1 aliphatic rings. The van der Waals surface area contributed by atoms with Gasteiger partial charge in [-0.3, -0.25) is 10.1 Å². The van der Waals surface area contributed by atoms with Crippen molar-refractivity contribution in [2.75, 3.05) is 13.1 Å². The van der Waals surface area contributed by atoms with E-state index in [0.717, 1.165) is 0 Å². The summed E-state index contributed by atoms with van der Waals surface area (Å²) in [6.45, 7) is 5.68. The van der Waals surface area contributed by atoms with Crippen LogP contribution in [0.1, 0.15) is 31.6 Å². The molecule has 1 unspecified atom stereocenters. The molecular formula is C17H20N2O6. The van der Waals surface area contributed by atoms with E-state index in [-0.39, 0.29) is 6.10 Å². The van der Waals surface area contributed by atoms with Gasteiger partial charge in [-0.15, -0.1) is 0 Å². The van der Waals surface area contributed by atoms with E-state index in [1.807, 2.05) is 0 Å². The van der Waals surface area contributed by atoms with Gasteiger partial charge in [0.25, 0.3) is 0 Å². The zero-order valence-corrected chi connectivity index (χ0v) is 13.9. The third-order valence-electron chi connectivity index (χ3n) is 3.81. The summed E-state index contributed by atoms with van der Waals surface area (Å²) in [6.07, 6.45) is -1.71. The van der Waals surface area contributed by atoms with Crippen molar-refractivity contribution in [3.8, 4) is 0 Å². The van der Waals surface area contributed by atoms with Crippen LogP contribution in [-0.4, -0.2) is 41.1 Å². The first-order valence-electron chi connectivity index (χ1n) is 7.89. The molecule has 0 N–H and O–H groups in total. The topological polar surface area (TPSA) is 99.0 Å². The van der Waals surface area contributed by atoms with Crippen LogP contribution in [0.25, 0.3) is 0 Å². The van der Waals surface area contributed by atoms with Crippen LogP contribution < -0.4 is 0 Å².